The number of H-pyrrole nitrogens is 1. The monoisotopic (exact) mass is 307 g/mol. The van der Waals surface area contributed by atoms with E-state index in [1.165, 1.54) is 0 Å². The minimum atomic E-state index is -0.0109. The maximum absolute atomic E-state index is 11.7. The summed E-state index contributed by atoms with van der Waals surface area (Å²) in [5, 5.41) is 11.9. The Morgan fingerprint density at radius 1 is 1.43 bits per heavy atom. The number of aromatic amines is 1. The van der Waals surface area contributed by atoms with E-state index in [1.54, 1.807) is 11.8 Å². The zero-order chi connectivity index (χ0) is 15.2. The Kier molecular flexibility index (Phi) is 5.64. The van der Waals surface area contributed by atoms with Gasteiger partial charge >= 0.3 is 0 Å². The lowest BCUT2D eigenvalue weighted by molar-refractivity contribution is -0.118. The van der Waals surface area contributed by atoms with Crippen molar-refractivity contribution >= 4 is 28.7 Å². The third kappa shape index (κ3) is 4.47. The van der Waals surface area contributed by atoms with E-state index in [0.29, 0.717) is 12.3 Å². The van der Waals surface area contributed by atoms with Crippen LogP contribution in [0.25, 0.3) is 11.0 Å². The number of nitrogens with zero attached hydrogens (tertiary/aromatic N) is 1. The Hall–Kier alpha value is -1.53. The van der Waals surface area contributed by atoms with Gasteiger partial charge in [0, 0.05) is 13.2 Å². The quantitative estimate of drug-likeness (QED) is 0.732. The predicted octanol–water partition coefficient (Wildman–Crippen LogP) is 2.10. The lowest BCUT2D eigenvalue weighted by Crippen LogP contribution is -2.31. The van der Waals surface area contributed by atoms with Gasteiger partial charge in [-0.2, -0.15) is 0 Å². The first-order valence-electron chi connectivity index (χ1n) is 7.04. The molecule has 1 amide bonds. The highest BCUT2D eigenvalue weighted by Crippen LogP contribution is 2.27. The first-order valence-corrected chi connectivity index (χ1v) is 8.09. The summed E-state index contributed by atoms with van der Waals surface area (Å²) in [5.41, 5.74) is 1.96. The van der Waals surface area contributed by atoms with Crippen LogP contribution in [0.5, 0.6) is 0 Å². The lowest BCUT2D eigenvalue weighted by Gasteiger charge is -2.11. The molecule has 0 radical (unpaired) electrons. The number of thioether (sulfide) groups is 1. The van der Waals surface area contributed by atoms with Gasteiger partial charge in [0.1, 0.15) is 5.82 Å². The molecule has 1 heterocycles. The molecule has 21 heavy (non-hydrogen) atoms. The molecule has 2 rings (SSSR count). The number of hydrogen-bond donors (Lipinski definition) is 3. The largest absolute Gasteiger partial charge is 0.396 e. The van der Waals surface area contributed by atoms with Gasteiger partial charge in [0.2, 0.25) is 5.91 Å². The second-order valence-corrected chi connectivity index (χ2v) is 6.51. The number of nitrogens with one attached hydrogen (secondary N) is 2. The highest BCUT2D eigenvalue weighted by molar-refractivity contribution is 8.00. The molecular weight excluding hydrogens is 286 g/mol. The highest BCUT2D eigenvalue weighted by atomic mass is 32.2. The van der Waals surface area contributed by atoms with E-state index in [1.807, 2.05) is 38.1 Å². The molecule has 2 atom stereocenters. The van der Waals surface area contributed by atoms with Gasteiger partial charge in [0.05, 0.1) is 22.0 Å². The summed E-state index contributed by atoms with van der Waals surface area (Å²) in [4.78, 5) is 19.5. The minimum absolute atomic E-state index is 0.0109. The van der Waals surface area contributed by atoms with Crippen LogP contribution in [0.3, 0.4) is 0 Å². The third-order valence-electron chi connectivity index (χ3n) is 3.22. The number of carbonyl (C=O) groups excluding carboxylic acids is 1. The number of aliphatic hydroxyl groups is 1. The first kappa shape index (κ1) is 15.9. The van der Waals surface area contributed by atoms with Gasteiger partial charge < -0.3 is 15.4 Å². The Morgan fingerprint density at radius 2 is 2.19 bits per heavy atom. The van der Waals surface area contributed by atoms with Gasteiger partial charge in [-0.15, -0.1) is 11.8 Å². The molecule has 0 spiro atoms. The molecule has 0 saturated heterocycles. The van der Waals surface area contributed by atoms with Crippen LogP contribution < -0.4 is 5.32 Å². The number of aromatic nitrogens is 2. The number of aliphatic hydroxyl groups excluding tert-OH is 1. The second kappa shape index (κ2) is 7.47. The van der Waals surface area contributed by atoms with Crippen molar-refractivity contribution in [1.82, 2.24) is 15.3 Å². The van der Waals surface area contributed by atoms with Gasteiger partial charge in [-0.1, -0.05) is 19.1 Å². The molecule has 0 aliphatic rings. The van der Waals surface area contributed by atoms with Gasteiger partial charge in [0.15, 0.2) is 0 Å². The smallest absolute Gasteiger partial charge is 0.230 e. The van der Waals surface area contributed by atoms with E-state index >= 15 is 0 Å². The van der Waals surface area contributed by atoms with Crippen molar-refractivity contribution in [3.63, 3.8) is 0 Å². The standard InChI is InChI=1S/C15H21N3O2S/c1-10(8-19)7-16-14(20)9-21-11(2)15-17-12-5-3-4-6-13(12)18-15/h3-6,10-11,19H,7-9H2,1-2H3,(H,16,20)(H,17,18). The van der Waals surface area contributed by atoms with Crippen molar-refractivity contribution in [3.05, 3.63) is 30.1 Å². The van der Waals surface area contributed by atoms with E-state index in [9.17, 15) is 4.79 Å². The Balaban J connectivity index is 1.84. The fraction of sp³-hybridized carbons (Fsp3) is 0.467. The summed E-state index contributed by atoms with van der Waals surface area (Å²) in [7, 11) is 0. The van der Waals surface area contributed by atoms with E-state index in [2.05, 4.69) is 15.3 Å². The number of para-hydroxylation sites is 2. The van der Waals surface area contributed by atoms with Gasteiger partial charge in [0.25, 0.3) is 0 Å². The Morgan fingerprint density at radius 3 is 2.90 bits per heavy atom. The van der Waals surface area contributed by atoms with Gasteiger partial charge in [-0.05, 0) is 25.0 Å². The molecule has 5 nitrogen and oxygen atoms in total. The Bertz CT molecular complexity index is 566. The molecule has 6 heteroatoms. The molecule has 3 N–H and O–H groups in total. The van der Waals surface area contributed by atoms with Crippen molar-refractivity contribution in [3.8, 4) is 0 Å². The van der Waals surface area contributed by atoms with Crippen molar-refractivity contribution in [2.75, 3.05) is 18.9 Å². The van der Waals surface area contributed by atoms with E-state index in [4.69, 9.17) is 5.11 Å². The van der Waals surface area contributed by atoms with Crippen LogP contribution >= 0.6 is 11.8 Å². The molecule has 0 bridgehead atoms. The minimum Gasteiger partial charge on any atom is -0.396 e. The summed E-state index contributed by atoms with van der Waals surface area (Å²) < 4.78 is 0. The molecule has 0 aliphatic carbocycles. The van der Waals surface area contributed by atoms with Crippen LogP contribution in [0.2, 0.25) is 0 Å². The number of carbonyl (C=O) groups is 1. The molecule has 0 aliphatic heterocycles. The van der Waals surface area contributed by atoms with Crippen LogP contribution in [0.1, 0.15) is 24.9 Å². The SMILES string of the molecule is CC(CO)CNC(=O)CSC(C)c1nc2ccccc2[nH]1. The molecule has 114 valence electrons. The summed E-state index contributed by atoms with van der Waals surface area (Å²) in [5.74, 6) is 1.35. The van der Waals surface area contributed by atoms with Crippen LogP contribution in [0.4, 0.5) is 0 Å². The average Bonchev–Trinajstić information content (AvgIpc) is 2.94. The second-order valence-electron chi connectivity index (χ2n) is 5.18. The van der Waals surface area contributed by atoms with Crippen LogP contribution in [-0.4, -0.2) is 39.9 Å². The molecule has 0 fully saturated rings. The summed E-state index contributed by atoms with van der Waals surface area (Å²) >= 11 is 1.54. The van der Waals surface area contributed by atoms with Crippen molar-refractivity contribution in [2.24, 2.45) is 5.92 Å². The number of rotatable bonds is 7. The fourth-order valence-corrected chi connectivity index (χ4v) is 2.62. The van der Waals surface area contributed by atoms with Gasteiger partial charge in [-0.3, -0.25) is 4.79 Å². The van der Waals surface area contributed by atoms with E-state index in [0.717, 1.165) is 16.9 Å². The summed E-state index contributed by atoms with van der Waals surface area (Å²) in [6, 6.07) is 7.89. The lowest BCUT2D eigenvalue weighted by atomic mass is 10.2. The number of benzene rings is 1. The molecule has 2 aromatic rings. The molecule has 2 unspecified atom stereocenters. The number of amides is 1. The van der Waals surface area contributed by atoms with E-state index < -0.39 is 0 Å². The van der Waals surface area contributed by atoms with Crippen LogP contribution in [-0.2, 0) is 4.79 Å². The van der Waals surface area contributed by atoms with E-state index in [-0.39, 0.29) is 23.7 Å². The van der Waals surface area contributed by atoms with Gasteiger partial charge in [-0.25, -0.2) is 4.98 Å². The zero-order valence-corrected chi connectivity index (χ0v) is 13.1. The molecule has 1 aromatic heterocycles. The van der Waals surface area contributed by atoms with Crippen LogP contribution in [0.15, 0.2) is 24.3 Å². The fourth-order valence-electron chi connectivity index (χ4n) is 1.85. The molecule has 1 aromatic carbocycles. The first-order chi connectivity index (χ1) is 10.1. The zero-order valence-electron chi connectivity index (χ0n) is 12.3. The number of hydrogen-bond acceptors (Lipinski definition) is 4. The Labute approximate surface area is 128 Å². The summed E-state index contributed by atoms with van der Waals surface area (Å²) in [6.45, 7) is 4.52. The normalized spacial score (nSPS) is 14.0. The molecule has 0 saturated carbocycles. The maximum atomic E-state index is 11.7. The van der Waals surface area contributed by atoms with Crippen molar-refractivity contribution in [1.29, 1.82) is 0 Å². The maximum Gasteiger partial charge on any atom is 0.230 e. The molecular formula is C15H21N3O2S. The number of imidazole rings is 1. The van der Waals surface area contributed by atoms with Crippen LogP contribution in [0, 0.1) is 5.92 Å². The third-order valence-corrected chi connectivity index (χ3v) is 4.37. The van der Waals surface area contributed by atoms with Crippen molar-refractivity contribution < 1.29 is 9.90 Å². The predicted molar refractivity (Wildman–Crippen MR) is 86.2 cm³/mol. The average molecular weight is 307 g/mol. The number of fused-ring (bicyclic) bond motifs is 1. The topological polar surface area (TPSA) is 78.0 Å². The summed E-state index contributed by atoms with van der Waals surface area (Å²) in [6.07, 6.45) is 0. The highest BCUT2D eigenvalue weighted by Gasteiger charge is 2.13. The van der Waals surface area contributed by atoms with Crippen molar-refractivity contribution in [2.45, 2.75) is 19.1 Å².